The van der Waals surface area contributed by atoms with E-state index in [1.54, 1.807) is 23.7 Å². The zero-order chi connectivity index (χ0) is 22.2. The van der Waals surface area contributed by atoms with Crippen molar-refractivity contribution in [3.63, 3.8) is 0 Å². The van der Waals surface area contributed by atoms with E-state index >= 15 is 0 Å². The number of likely N-dealkylation sites (tertiary alicyclic amines) is 1. The molecule has 1 aromatic carbocycles. The zero-order valence-corrected chi connectivity index (χ0v) is 19.5. The Labute approximate surface area is 194 Å². The van der Waals surface area contributed by atoms with Crippen molar-refractivity contribution >= 4 is 17.2 Å². The third-order valence-corrected chi connectivity index (χ3v) is 6.76. The lowest BCUT2D eigenvalue weighted by molar-refractivity contribution is 0.0580. The number of piperidine rings is 1. The fourth-order valence-electron chi connectivity index (χ4n) is 4.26. The summed E-state index contributed by atoms with van der Waals surface area (Å²) in [6.07, 6.45) is 7.46. The first-order valence-corrected chi connectivity index (χ1v) is 12.2. The van der Waals surface area contributed by atoms with Gasteiger partial charge in [-0.05, 0) is 67.6 Å². The van der Waals surface area contributed by atoms with E-state index in [1.165, 1.54) is 10.4 Å². The summed E-state index contributed by atoms with van der Waals surface area (Å²) in [4.78, 5) is 22.7. The summed E-state index contributed by atoms with van der Waals surface area (Å²) in [6, 6.07) is 16.5. The number of thiophene rings is 1. The van der Waals surface area contributed by atoms with Gasteiger partial charge in [0.25, 0.3) is 5.91 Å². The molecule has 1 aliphatic heterocycles. The van der Waals surface area contributed by atoms with Crippen molar-refractivity contribution < 1.29 is 9.53 Å². The molecule has 6 heteroatoms. The average molecular weight is 450 g/mol. The molecule has 32 heavy (non-hydrogen) atoms. The van der Waals surface area contributed by atoms with E-state index < -0.39 is 0 Å². The number of hydrogen-bond donors (Lipinski definition) is 0. The Balaban J connectivity index is 1.25. The van der Waals surface area contributed by atoms with Crippen molar-refractivity contribution in [3.8, 4) is 5.75 Å². The smallest absolute Gasteiger partial charge is 0.255 e. The molecule has 1 aliphatic rings. The molecule has 1 unspecified atom stereocenters. The number of amides is 1. The number of aromatic nitrogens is 1. The minimum Gasteiger partial charge on any atom is -0.494 e. The van der Waals surface area contributed by atoms with Crippen LogP contribution in [0.2, 0.25) is 0 Å². The highest BCUT2D eigenvalue weighted by Crippen LogP contribution is 2.23. The Bertz CT molecular complexity index is 961. The van der Waals surface area contributed by atoms with Crippen LogP contribution < -0.4 is 4.74 Å². The van der Waals surface area contributed by atoms with Crippen LogP contribution in [0.3, 0.4) is 0 Å². The van der Waals surface area contributed by atoms with Gasteiger partial charge in [-0.2, -0.15) is 0 Å². The molecule has 2 aromatic heterocycles. The van der Waals surface area contributed by atoms with E-state index in [9.17, 15) is 4.79 Å². The Kier molecular flexibility index (Phi) is 7.91. The van der Waals surface area contributed by atoms with Crippen LogP contribution in [0.5, 0.6) is 5.75 Å². The lowest BCUT2D eigenvalue weighted by Gasteiger charge is -2.35. The molecule has 5 nitrogen and oxygen atoms in total. The van der Waals surface area contributed by atoms with Gasteiger partial charge < -0.3 is 9.64 Å². The first kappa shape index (κ1) is 22.5. The minimum atomic E-state index is 0.0822. The fourth-order valence-corrected chi connectivity index (χ4v) is 5.05. The first-order chi connectivity index (χ1) is 15.7. The SMILES string of the molecule is CN(Cc1ccc(OCCC2CCCCN2C(=O)c2cccnc2)cc1)Cc1cccs1. The van der Waals surface area contributed by atoms with E-state index in [2.05, 4.69) is 46.6 Å². The first-order valence-electron chi connectivity index (χ1n) is 11.3. The number of carbonyl (C=O) groups excluding carboxylic acids is 1. The Morgan fingerprint density at radius 3 is 2.78 bits per heavy atom. The molecule has 3 aromatic rings. The maximum atomic E-state index is 12.9. The number of pyridine rings is 1. The van der Waals surface area contributed by atoms with Crippen LogP contribution in [0.25, 0.3) is 0 Å². The second-order valence-electron chi connectivity index (χ2n) is 8.42. The van der Waals surface area contributed by atoms with E-state index in [0.717, 1.165) is 51.1 Å². The number of carbonyl (C=O) groups is 1. The molecule has 1 saturated heterocycles. The molecule has 0 aliphatic carbocycles. The van der Waals surface area contributed by atoms with Gasteiger partial charge in [0.1, 0.15) is 5.75 Å². The molecule has 0 spiro atoms. The molecule has 1 fully saturated rings. The summed E-state index contributed by atoms with van der Waals surface area (Å²) in [5, 5.41) is 2.12. The van der Waals surface area contributed by atoms with Gasteiger partial charge in [0.15, 0.2) is 0 Å². The largest absolute Gasteiger partial charge is 0.494 e. The standard InChI is InChI=1S/C26H31N3O2S/c1-28(20-25-8-5-17-32-25)19-21-9-11-24(12-10-21)31-16-13-23-7-2-3-15-29(23)26(30)22-6-4-14-27-18-22/h4-6,8-12,14,17-18,23H,2-3,7,13,15-16,19-20H2,1H3. The molecule has 0 radical (unpaired) electrons. The quantitative estimate of drug-likeness (QED) is 0.448. The molecule has 3 heterocycles. The van der Waals surface area contributed by atoms with Crippen LogP contribution in [0.15, 0.2) is 66.3 Å². The highest BCUT2D eigenvalue weighted by atomic mass is 32.1. The van der Waals surface area contributed by atoms with E-state index in [0.29, 0.717) is 12.2 Å². The second-order valence-corrected chi connectivity index (χ2v) is 9.45. The van der Waals surface area contributed by atoms with Gasteiger partial charge in [0.05, 0.1) is 12.2 Å². The molecule has 1 atom stereocenters. The van der Waals surface area contributed by atoms with Gasteiger partial charge in [0, 0.05) is 49.4 Å². The highest BCUT2D eigenvalue weighted by Gasteiger charge is 2.27. The summed E-state index contributed by atoms with van der Waals surface area (Å²) in [7, 11) is 2.15. The van der Waals surface area contributed by atoms with E-state index in [1.807, 2.05) is 29.2 Å². The van der Waals surface area contributed by atoms with Crippen molar-refractivity contribution in [3.05, 3.63) is 82.3 Å². The van der Waals surface area contributed by atoms with Crippen molar-refractivity contribution in [1.29, 1.82) is 0 Å². The van der Waals surface area contributed by atoms with Crippen LogP contribution in [0.1, 0.15) is 46.5 Å². The number of hydrogen-bond acceptors (Lipinski definition) is 5. The Morgan fingerprint density at radius 2 is 2.03 bits per heavy atom. The third-order valence-electron chi connectivity index (χ3n) is 5.90. The molecule has 0 bridgehead atoms. The van der Waals surface area contributed by atoms with Gasteiger partial charge in [-0.25, -0.2) is 0 Å². The van der Waals surface area contributed by atoms with Crippen LogP contribution >= 0.6 is 11.3 Å². The van der Waals surface area contributed by atoms with Crippen LogP contribution in [-0.2, 0) is 13.1 Å². The normalized spacial score (nSPS) is 16.3. The fraction of sp³-hybridized carbons (Fsp3) is 0.385. The Morgan fingerprint density at radius 1 is 1.16 bits per heavy atom. The molecule has 0 saturated carbocycles. The summed E-state index contributed by atoms with van der Waals surface area (Å²) >= 11 is 1.80. The second kappa shape index (κ2) is 11.2. The summed E-state index contributed by atoms with van der Waals surface area (Å²) in [6.45, 7) is 3.29. The van der Waals surface area contributed by atoms with Crippen LogP contribution in [0, 0.1) is 0 Å². The predicted octanol–water partition coefficient (Wildman–Crippen LogP) is 5.24. The number of nitrogens with zero attached hydrogens (tertiary/aromatic N) is 3. The zero-order valence-electron chi connectivity index (χ0n) is 18.7. The summed E-state index contributed by atoms with van der Waals surface area (Å²) in [5.41, 5.74) is 1.94. The van der Waals surface area contributed by atoms with Gasteiger partial charge in [0.2, 0.25) is 0 Å². The molecule has 1 amide bonds. The monoisotopic (exact) mass is 449 g/mol. The molecule has 4 rings (SSSR count). The summed E-state index contributed by atoms with van der Waals surface area (Å²) < 4.78 is 6.03. The lowest BCUT2D eigenvalue weighted by Crippen LogP contribution is -2.44. The number of benzene rings is 1. The van der Waals surface area contributed by atoms with Crippen molar-refractivity contribution in [2.24, 2.45) is 0 Å². The lowest BCUT2D eigenvalue weighted by atomic mass is 9.98. The van der Waals surface area contributed by atoms with Gasteiger partial charge in [-0.3, -0.25) is 14.7 Å². The molecular formula is C26H31N3O2S. The van der Waals surface area contributed by atoms with Crippen molar-refractivity contribution in [2.45, 2.75) is 44.8 Å². The maximum absolute atomic E-state index is 12.9. The van der Waals surface area contributed by atoms with E-state index in [-0.39, 0.29) is 11.9 Å². The molecule has 0 N–H and O–H groups in total. The van der Waals surface area contributed by atoms with Crippen LogP contribution in [-0.4, -0.2) is 46.9 Å². The number of rotatable bonds is 9. The maximum Gasteiger partial charge on any atom is 0.255 e. The van der Waals surface area contributed by atoms with Gasteiger partial charge in [-0.1, -0.05) is 18.2 Å². The van der Waals surface area contributed by atoms with Gasteiger partial charge >= 0.3 is 0 Å². The minimum absolute atomic E-state index is 0.0822. The van der Waals surface area contributed by atoms with E-state index in [4.69, 9.17) is 4.74 Å². The van der Waals surface area contributed by atoms with Crippen molar-refractivity contribution in [1.82, 2.24) is 14.8 Å². The topological polar surface area (TPSA) is 45.7 Å². The third kappa shape index (κ3) is 6.17. The average Bonchev–Trinajstić information content (AvgIpc) is 3.33. The predicted molar refractivity (Wildman–Crippen MR) is 129 cm³/mol. The summed E-state index contributed by atoms with van der Waals surface area (Å²) in [5.74, 6) is 0.967. The number of ether oxygens (including phenoxy) is 1. The molecule has 168 valence electrons. The Hall–Kier alpha value is -2.70. The van der Waals surface area contributed by atoms with Gasteiger partial charge in [-0.15, -0.1) is 11.3 Å². The molecular weight excluding hydrogens is 418 g/mol. The van der Waals surface area contributed by atoms with Crippen LogP contribution in [0.4, 0.5) is 0 Å². The van der Waals surface area contributed by atoms with Crippen molar-refractivity contribution in [2.75, 3.05) is 20.2 Å². The highest BCUT2D eigenvalue weighted by molar-refractivity contribution is 7.09.